The molecule has 0 amide bonds. The van der Waals surface area contributed by atoms with Crippen LogP contribution in [0.2, 0.25) is 5.02 Å². The van der Waals surface area contributed by atoms with Crippen LogP contribution in [0.25, 0.3) is 11.0 Å². The normalized spacial score (nSPS) is 11.6. The Balaban J connectivity index is 1.77. The third-order valence-corrected chi connectivity index (χ3v) is 5.16. The molecule has 3 rings (SSSR count). The maximum Gasteiger partial charge on any atom is 0.121 e. The Kier molecular flexibility index (Phi) is 6.33. The second kappa shape index (κ2) is 8.70. The zero-order chi connectivity index (χ0) is 18.5. The van der Waals surface area contributed by atoms with Crippen LogP contribution in [0, 0.1) is 13.8 Å². The number of hydrogen-bond acceptors (Lipinski definition) is 2. The number of fused-ring (bicyclic) bond motifs is 1. The van der Waals surface area contributed by atoms with Gasteiger partial charge in [0.25, 0.3) is 0 Å². The summed E-state index contributed by atoms with van der Waals surface area (Å²) in [7, 11) is 0. The molecule has 0 bridgehead atoms. The van der Waals surface area contributed by atoms with Crippen LogP contribution in [-0.2, 0) is 13.1 Å². The van der Waals surface area contributed by atoms with E-state index in [2.05, 4.69) is 54.1 Å². The number of rotatable bonds is 8. The zero-order valence-corrected chi connectivity index (χ0v) is 16.7. The maximum atomic E-state index is 6.24. The third kappa shape index (κ3) is 4.87. The number of H-pyrrole nitrogens is 1. The van der Waals surface area contributed by atoms with Crippen LogP contribution >= 0.6 is 11.6 Å². The molecule has 4 heteroatoms. The molecule has 138 valence electrons. The fourth-order valence-corrected chi connectivity index (χ4v) is 3.51. The number of aromatic amines is 1. The van der Waals surface area contributed by atoms with Crippen LogP contribution in [0.1, 0.15) is 48.7 Å². The summed E-state index contributed by atoms with van der Waals surface area (Å²) in [5.74, 6) is 1.01. The number of aryl methyl sites for hydroxylation is 2. The SMILES string of the molecule is CCCCCN(Cc1cccc(C)c1)Cc1nc2cc(Cl)c(C)cc2[nH]1. The molecule has 26 heavy (non-hydrogen) atoms. The number of halogens is 1. The van der Waals surface area contributed by atoms with E-state index in [0.29, 0.717) is 0 Å². The average molecular weight is 370 g/mol. The minimum Gasteiger partial charge on any atom is -0.341 e. The zero-order valence-electron chi connectivity index (χ0n) is 16.0. The highest BCUT2D eigenvalue weighted by Gasteiger charge is 2.11. The summed E-state index contributed by atoms with van der Waals surface area (Å²) < 4.78 is 0. The van der Waals surface area contributed by atoms with E-state index < -0.39 is 0 Å². The number of unbranched alkanes of at least 4 members (excludes halogenated alkanes) is 2. The lowest BCUT2D eigenvalue weighted by Gasteiger charge is -2.21. The highest BCUT2D eigenvalue weighted by molar-refractivity contribution is 6.32. The summed E-state index contributed by atoms with van der Waals surface area (Å²) in [5.41, 5.74) is 5.75. The largest absolute Gasteiger partial charge is 0.341 e. The first-order valence-electron chi connectivity index (χ1n) is 9.48. The molecule has 0 aliphatic carbocycles. The van der Waals surface area contributed by atoms with Crippen molar-refractivity contribution in [2.24, 2.45) is 0 Å². The van der Waals surface area contributed by atoms with E-state index in [1.165, 1.54) is 30.4 Å². The fourth-order valence-electron chi connectivity index (χ4n) is 3.35. The summed E-state index contributed by atoms with van der Waals surface area (Å²) in [6, 6.07) is 12.8. The summed E-state index contributed by atoms with van der Waals surface area (Å²) in [4.78, 5) is 10.7. The van der Waals surface area contributed by atoms with Gasteiger partial charge in [0.1, 0.15) is 5.82 Å². The molecule has 3 aromatic rings. The minimum absolute atomic E-state index is 0.773. The van der Waals surface area contributed by atoms with Crippen LogP contribution in [0.4, 0.5) is 0 Å². The number of nitrogens with one attached hydrogen (secondary N) is 1. The number of benzene rings is 2. The molecular formula is C22H28ClN3. The molecule has 0 fully saturated rings. The Morgan fingerprint density at radius 2 is 1.92 bits per heavy atom. The number of aromatic nitrogens is 2. The molecule has 0 saturated heterocycles. The van der Waals surface area contributed by atoms with E-state index in [-0.39, 0.29) is 0 Å². The molecule has 3 nitrogen and oxygen atoms in total. The van der Waals surface area contributed by atoms with Crippen LogP contribution < -0.4 is 0 Å². The van der Waals surface area contributed by atoms with Gasteiger partial charge in [-0.25, -0.2) is 4.98 Å². The lowest BCUT2D eigenvalue weighted by atomic mass is 10.1. The lowest BCUT2D eigenvalue weighted by Crippen LogP contribution is -2.24. The lowest BCUT2D eigenvalue weighted by molar-refractivity contribution is 0.245. The first kappa shape index (κ1) is 18.9. The van der Waals surface area contributed by atoms with Crippen LogP contribution in [0.3, 0.4) is 0 Å². The van der Waals surface area contributed by atoms with Crippen molar-refractivity contribution in [2.45, 2.75) is 53.1 Å². The van der Waals surface area contributed by atoms with Gasteiger partial charge in [-0.1, -0.05) is 61.2 Å². The van der Waals surface area contributed by atoms with E-state index in [1.54, 1.807) is 0 Å². The van der Waals surface area contributed by atoms with Crippen molar-refractivity contribution < 1.29 is 0 Å². The van der Waals surface area contributed by atoms with Crippen molar-refractivity contribution in [3.8, 4) is 0 Å². The van der Waals surface area contributed by atoms with Gasteiger partial charge in [0.05, 0.1) is 17.6 Å². The Labute approximate surface area is 161 Å². The van der Waals surface area contributed by atoms with Crippen LogP contribution in [-0.4, -0.2) is 21.4 Å². The van der Waals surface area contributed by atoms with E-state index in [0.717, 1.165) is 47.1 Å². The van der Waals surface area contributed by atoms with Gasteiger partial charge in [0, 0.05) is 11.6 Å². The number of nitrogens with zero attached hydrogens (tertiary/aromatic N) is 2. The van der Waals surface area contributed by atoms with Gasteiger partial charge in [0.2, 0.25) is 0 Å². The van der Waals surface area contributed by atoms with Gasteiger partial charge in [-0.15, -0.1) is 0 Å². The van der Waals surface area contributed by atoms with Crippen molar-refractivity contribution in [1.82, 2.24) is 14.9 Å². The molecule has 0 spiro atoms. The Hall–Kier alpha value is -1.84. The molecule has 1 heterocycles. The highest BCUT2D eigenvalue weighted by atomic mass is 35.5. The van der Waals surface area contributed by atoms with Crippen LogP contribution in [0.5, 0.6) is 0 Å². The standard InChI is InChI=1S/C22H28ClN3/c1-4-5-6-10-26(14-18-9-7-8-16(2)11-18)15-22-24-20-12-17(3)19(23)13-21(20)25-22/h7-9,11-13H,4-6,10,14-15H2,1-3H3,(H,24,25). The molecular weight excluding hydrogens is 342 g/mol. The molecule has 0 aliphatic rings. The second-order valence-corrected chi connectivity index (χ2v) is 7.62. The Morgan fingerprint density at radius 1 is 1.08 bits per heavy atom. The van der Waals surface area contributed by atoms with Crippen molar-refractivity contribution in [3.05, 3.63) is 63.9 Å². The monoisotopic (exact) mass is 369 g/mol. The van der Waals surface area contributed by atoms with E-state index in [9.17, 15) is 0 Å². The predicted molar refractivity (Wildman–Crippen MR) is 111 cm³/mol. The van der Waals surface area contributed by atoms with Crippen molar-refractivity contribution in [3.63, 3.8) is 0 Å². The molecule has 0 saturated carbocycles. The van der Waals surface area contributed by atoms with Gasteiger partial charge >= 0.3 is 0 Å². The van der Waals surface area contributed by atoms with Gasteiger partial charge in [-0.05, 0) is 50.1 Å². The van der Waals surface area contributed by atoms with E-state index in [1.807, 2.05) is 13.0 Å². The summed E-state index contributed by atoms with van der Waals surface area (Å²) >= 11 is 6.24. The second-order valence-electron chi connectivity index (χ2n) is 7.21. The first-order chi connectivity index (χ1) is 12.5. The van der Waals surface area contributed by atoms with E-state index >= 15 is 0 Å². The maximum absolute atomic E-state index is 6.24. The van der Waals surface area contributed by atoms with Crippen molar-refractivity contribution in [1.29, 1.82) is 0 Å². The van der Waals surface area contributed by atoms with Gasteiger partial charge in [-0.2, -0.15) is 0 Å². The third-order valence-electron chi connectivity index (χ3n) is 4.75. The first-order valence-corrected chi connectivity index (χ1v) is 9.85. The molecule has 1 aromatic heterocycles. The molecule has 0 aliphatic heterocycles. The predicted octanol–water partition coefficient (Wildman–Crippen LogP) is 6.03. The minimum atomic E-state index is 0.773. The molecule has 0 radical (unpaired) electrons. The topological polar surface area (TPSA) is 31.9 Å². The van der Waals surface area contributed by atoms with Crippen molar-refractivity contribution >= 4 is 22.6 Å². The molecule has 1 N–H and O–H groups in total. The number of imidazole rings is 1. The average Bonchev–Trinajstić information content (AvgIpc) is 2.96. The molecule has 0 atom stereocenters. The summed E-state index contributed by atoms with van der Waals surface area (Å²) in [6.07, 6.45) is 3.72. The fraction of sp³-hybridized carbons (Fsp3) is 0.409. The summed E-state index contributed by atoms with van der Waals surface area (Å²) in [6.45, 7) is 9.27. The van der Waals surface area contributed by atoms with E-state index in [4.69, 9.17) is 16.6 Å². The summed E-state index contributed by atoms with van der Waals surface area (Å²) in [5, 5.41) is 0.773. The molecule has 2 aromatic carbocycles. The molecule has 0 unspecified atom stereocenters. The van der Waals surface area contributed by atoms with Gasteiger partial charge in [0.15, 0.2) is 0 Å². The van der Waals surface area contributed by atoms with Crippen LogP contribution in [0.15, 0.2) is 36.4 Å². The smallest absolute Gasteiger partial charge is 0.121 e. The van der Waals surface area contributed by atoms with Gasteiger partial charge in [-0.3, -0.25) is 4.90 Å². The van der Waals surface area contributed by atoms with Crippen molar-refractivity contribution in [2.75, 3.05) is 6.54 Å². The Morgan fingerprint density at radius 3 is 2.69 bits per heavy atom. The number of hydrogen-bond donors (Lipinski definition) is 1. The highest BCUT2D eigenvalue weighted by Crippen LogP contribution is 2.22. The Bertz CT molecular complexity index is 830. The van der Waals surface area contributed by atoms with Gasteiger partial charge < -0.3 is 4.98 Å². The quantitative estimate of drug-likeness (QED) is 0.492.